The lowest BCUT2D eigenvalue weighted by Gasteiger charge is -2.06. The summed E-state index contributed by atoms with van der Waals surface area (Å²) < 4.78 is 30.2. The SMILES string of the molecule is CCc1cccc2c(C(=O)CSc3nnc(-c4ccc(OC(F)F)cc4)n3N)c[nH]c12. The summed E-state index contributed by atoms with van der Waals surface area (Å²) in [5, 5.41) is 9.36. The van der Waals surface area contributed by atoms with Gasteiger partial charge in [0, 0.05) is 28.2 Å². The van der Waals surface area contributed by atoms with Crippen LogP contribution in [0.15, 0.2) is 53.8 Å². The van der Waals surface area contributed by atoms with E-state index in [0.717, 1.165) is 22.9 Å². The molecule has 2 heterocycles. The summed E-state index contributed by atoms with van der Waals surface area (Å²) in [6.45, 7) is -0.826. The van der Waals surface area contributed by atoms with E-state index in [1.54, 1.807) is 18.3 Å². The lowest BCUT2D eigenvalue weighted by Crippen LogP contribution is -2.12. The number of carbonyl (C=O) groups is 1. The highest BCUT2D eigenvalue weighted by molar-refractivity contribution is 7.99. The van der Waals surface area contributed by atoms with Gasteiger partial charge in [-0.2, -0.15) is 8.78 Å². The van der Waals surface area contributed by atoms with E-state index in [4.69, 9.17) is 5.84 Å². The number of nitrogen functional groups attached to an aromatic ring is 1. The average molecular weight is 443 g/mol. The Morgan fingerprint density at radius 2 is 2.00 bits per heavy atom. The Labute approximate surface area is 180 Å². The van der Waals surface area contributed by atoms with E-state index in [2.05, 4.69) is 26.8 Å². The van der Waals surface area contributed by atoms with Gasteiger partial charge in [-0.1, -0.05) is 36.9 Å². The second kappa shape index (κ2) is 8.76. The van der Waals surface area contributed by atoms with Crippen LogP contribution in [-0.4, -0.2) is 38.0 Å². The van der Waals surface area contributed by atoms with Crippen molar-refractivity contribution in [1.29, 1.82) is 0 Å². The number of aromatic nitrogens is 4. The van der Waals surface area contributed by atoms with Gasteiger partial charge in [0.05, 0.1) is 5.75 Å². The number of fused-ring (bicyclic) bond motifs is 1. The van der Waals surface area contributed by atoms with Crippen molar-refractivity contribution in [1.82, 2.24) is 19.9 Å². The zero-order valence-corrected chi connectivity index (χ0v) is 17.3. The molecule has 7 nitrogen and oxygen atoms in total. The monoisotopic (exact) mass is 443 g/mol. The molecule has 4 aromatic rings. The second-order valence-electron chi connectivity index (χ2n) is 6.69. The van der Waals surface area contributed by atoms with E-state index in [-0.39, 0.29) is 17.3 Å². The third-order valence-corrected chi connectivity index (χ3v) is 5.76. The minimum atomic E-state index is -2.89. The van der Waals surface area contributed by atoms with E-state index in [0.29, 0.717) is 22.1 Å². The van der Waals surface area contributed by atoms with Crippen molar-refractivity contribution in [2.75, 3.05) is 11.6 Å². The highest BCUT2D eigenvalue weighted by Crippen LogP contribution is 2.27. The topological polar surface area (TPSA) is 98.8 Å². The van der Waals surface area contributed by atoms with Gasteiger partial charge in [-0.15, -0.1) is 10.2 Å². The fraction of sp³-hybridized carbons (Fsp3) is 0.190. The molecule has 0 saturated carbocycles. The number of ketones is 1. The van der Waals surface area contributed by atoms with E-state index < -0.39 is 6.61 Å². The quantitative estimate of drug-likeness (QED) is 0.240. The first-order valence-electron chi connectivity index (χ1n) is 9.48. The van der Waals surface area contributed by atoms with Crippen LogP contribution in [0.2, 0.25) is 0 Å². The third-order valence-electron chi connectivity index (χ3n) is 4.82. The van der Waals surface area contributed by atoms with Gasteiger partial charge in [-0.25, -0.2) is 4.68 Å². The van der Waals surface area contributed by atoms with Crippen LogP contribution in [0.5, 0.6) is 5.75 Å². The van der Waals surface area contributed by atoms with Gasteiger partial charge in [0.1, 0.15) is 5.75 Å². The largest absolute Gasteiger partial charge is 0.435 e. The molecular weight excluding hydrogens is 424 g/mol. The van der Waals surface area contributed by atoms with Crippen LogP contribution in [0.25, 0.3) is 22.3 Å². The molecule has 3 N–H and O–H groups in total. The number of halogens is 2. The summed E-state index contributed by atoms with van der Waals surface area (Å²) >= 11 is 1.18. The summed E-state index contributed by atoms with van der Waals surface area (Å²) in [6.07, 6.45) is 2.60. The highest BCUT2D eigenvalue weighted by atomic mass is 32.2. The van der Waals surface area contributed by atoms with Gasteiger partial charge in [0.2, 0.25) is 5.16 Å². The van der Waals surface area contributed by atoms with Crippen molar-refractivity contribution in [3.05, 3.63) is 59.8 Å². The predicted octanol–water partition coefficient (Wildman–Crippen LogP) is 4.28. The number of aryl methyl sites for hydroxylation is 1. The molecule has 0 amide bonds. The summed E-state index contributed by atoms with van der Waals surface area (Å²) in [7, 11) is 0. The molecule has 160 valence electrons. The molecule has 0 unspecified atom stereocenters. The number of benzene rings is 2. The number of carbonyl (C=O) groups excluding carboxylic acids is 1. The summed E-state index contributed by atoms with van der Waals surface area (Å²) in [5.74, 6) is 6.55. The third kappa shape index (κ3) is 4.24. The Morgan fingerprint density at radius 3 is 2.71 bits per heavy atom. The minimum absolute atomic E-state index is 0.0343. The zero-order chi connectivity index (χ0) is 22.0. The van der Waals surface area contributed by atoms with Crippen molar-refractivity contribution in [2.24, 2.45) is 0 Å². The fourth-order valence-electron chi connectivity index (χ4n) is 3.31. The number of ether oxygens (including phenoxy) is 1. The van der Waals surface area contributed by atoms with Crippen molar-refractivity contribution in [3.63, 3.8) is 0 Å². The molecule has 0 radical (unpaired) electrons. The predicted molar refractivity (Wildman–Crippen MR) is 115 cm³/mol. The van der Waals surface area contributed by atoms with Gasteiger partial charge in [0.15, 0.2) is 11.6 Å². The number of nitrogens with two attached hydrogens (primary N) is 1. The molecule has 2 aromatic heterocycles. The first-order chi connectivity index (χ1) is 15.0. The molecule has 0 aliphatic rings. The lowest BCUT2D eigenvalue weighted by atomic mass is 10.1. The summed E-state index contributed by atoms with van der Waals surface area (Å²) in [6, 6.07) is 11.8. The van der Waals surface area contributed by atoms with Crippen LogP contribution >= 0.6 is 11.8 Å². The molecular formula is C21H19F2N5O2S. The maximum atomic E-state index is 12.8. The number of Topliss-reactive ketones (excluding diaryl/α,β-unsaturated/α-hetero) is 1. The Kier molecular flexibility index (Phi) is 5.90. The molecule has 0 saturated heterocycles. The number of rotatable bonds is 8. The molecule has 0 bridgehead atoms. The molecule has 10 heteroatoms. The fourth-order valence-corrected chi connectivity index (χ4v) is 4.05. The van der Waals surface area contributed by atoms with Crippen LogP contribution in [0, 0.1) is 0 Å². The number of para-hydroxylation sites is 1. The number of H-pyrrole nitrogens is 1. The number of hydrogen-bond acceptors (Lipinski definition) is 6. The van der Waals surface area contributed by atoms with E-state index in [1.165, 1.54) is 28.6 Å². The van der Waals surface area contributed by atoms with Gasteiger partial charge in [0.25, 0.3) is 0 Å². The van der Waals surface area contributed by atoms with Crippen molar-refractivity contribution in [2.45, 2.75) is 25.1 Å². The van der Waals surface area contributed by atoms with Gasteiger partial charge in [-0.05, 0) is 36.2 Å². The maximum absolute atomic E-state index is 12.8. The molecule has 31 heavy (non-hydrogen) atoms. The number of nitrogens with zero attached hydrogens (tertiary/aromatic N) is 3. The first-order valence-corrected chi connectivity index (χ1v) is 10.5. The lowest BCUT2D eigenvalue weighted by molar-refractivity contribution is -0.0498. The molecule has 0 fully saturated rings. The zero-order valence-electron chi connectivity index (χ0n) is 16.5. The average Bonchev–Trinajstić information content (AvgIpc) is 3.36. The molecule has 0 atom stereocenters. The minimum Gasteiger partial charge on any atom is -0.435 e. The van der Waals surface area contributed by atoms with Crippen molar-refractivity contribution in [3.8, 4) is 17.1 Å². The maximum Gasteiger partial charge on any atom is 0.387 e. The molecule has 2 aromatic carbocycles. The van der Waals surface area contributed by atoms with Crippen LogP contribution in [0.4, 0.5) is 8.78 Å². The Morgan fingerprint density at radius 1 is 1.23 bits per heavy atom. The number of alkyl halides is 2. The van der Waals surface area contributed by atoms with E-state index >= 15 is 0 Å². The van der Waals surface area contributed by atoms with Crippen LogP contribution in [-0.2, 0) is 6.42 Å². The van der Waals surface area contributed by atoms with Gasteiger partial charge in [-0.3, -0.25) is 4.79 Å². The molecule has 0 spiro atoms. The van der Waals surface area contributed by atoms with Gasteiger partial charge < -0.3 is 15.6 Å². The van der Waals surface area contributed by atoms with Crippen LogP contribution in [0.1, 0.15) is 22.8 Å². The molecule has 0 aliphatic heterocycles. The summed E-state index contributed by atoms with van der Waals surface area (Å²) in [5.41, 5.74) is 3.33. The second-order valence-corrected chi connectivity index (χ2v) is 7.63. The number of aromatic amines is 1. The Hall–Kier alpha value is -3.40. The Bertz CT molecular complexity index is 1220. The number of hydrogen-bond donors (Lipinski definition) is 2. The van der Waals surface area contributed by atoms with Crippen LogP contribution < -0.4 is 10.6 Å². The van der Waals surface area contributed by atoms with Crippen molar-refractivity contribution < 1.29 is 18.3 Å². The normalized spacial score (nSPS) is 11.4. The van der Waals surface area contributed by atoms with Crippen molar-refractivity contribution >= 4 is 28.4 Å². The first kappa shape index (κ1) is 20.9. The van der Waals surface area contributed by atoms with Gasteiger partial charge >= 0.3 is 6.61 Å². The number of nitrogens with one attached hydrogen (secondary N) is 1. The van der Waals surface area contributed by atoms with E-state index in [1.807, 2.05) is 18.2 Å². The number of thioether (sulfide) groups is 1. The standard InChI is InChI=1S/C21H19F2N5O2S/c1-2-12-4-3-5-15-16(10-25-18(12)15)17(29)11-31-21-27-26-19(28(21)24)13-6-8-14(9-7-13)30-20(22)23/h3-10,20,25H,2,11,24H2,1H3. The van der Waals surface area contributed by atoms with E-state index in [9.17, 15) is 13.6 Å². The molecule has 4 rings (SSSR count). The summed E-state index contributed by atoms with van der Waals surface area (Å²) in [4.78, 5) is 16.0. The smallest absolute Gasteiger partial charge is 0.387 e. The van der Waals surface area contributed by atoms with Crippen LogP contribution in [0.3, 0.4) is 0 Å². The highest BCUT2D eigenvalue weighted by Gasteiger charge is 2.17. The Balaban J connectivity index is 1.48. The molecule has 0 aliphatic carbocycles.